The van der Waals surface area contributed by atoms with Crippen molar-refractivity contribution in [2.75, 3.05) is 32.1 Å². The standard InChI is InChI=1S/C25H28ClN3O2/c1-3-12-29(17-20-6-4-14-31-20)13-5-11-27-25-21-9-7-18(26)15-24(21)28-23-10-8-19(30-2)16-22(23)25/h4,6-10,14-16H,3,5,11-13,17H2,1-2H3,(H,27,28). The quantitative estimate of drug-likeness (QED) is 0.231. The molecule has 0 aliphatic rings. The Morgan fingerprint density at radius 1 is 1.06 bits per heavy atom. The average molecular weight is 438 g/mol. The Labute approximate surface area is 188 Å². The smallest absolute Gasteiger partial charge is 0.119 e. The van der Waals surface area contributed by atoms with Crippen LogP contribution in [0.1, 0.15) is 25.5 Å². The molecule has 6 heteroatoms. The van der Waals surface area contributed by atoms with Gasteiger partial charge in [-0.25, -0.2) is 4.98 Å². The number of nitrogens with zero attached hydrogens (tertiary/aromatic N) is 2. The fraction of sp³-hybridized carbons (Fsp3) is 0.320. The first-order valence-corrected chi connectivity index (χ1v) is 11.1. The molecular formula is C25H28ClN3O2. The topological polar surface area (TPSA) is 50.5 Å². The Kier molecular flexibility index (Phi) is 6.95. The van der Waals surface area contributed by atoms with E-state index in [1.807, 2.05) is 48.5 Å². The lowest BCUT2D eigenvalue weighted by atomic mass is 10.1. The fourth-order valence-electron chi connectivity index (χ4n) is 3.94. The third kappa shape index (κ3) is 5.12. The van der Waals surface area contributed by atoms with Gasteiger partial charge in [0.15, 0.2) is 0 Å². The van der Waals surface area contributed by atoms with Crippen molar-refractivity contribution in [3.05, 3.63) is 65.6 Å². The van der Waals surface area contributed by atoms with E-state index in [1.54, 1.807) is 13.4 Å². The van der Waals surface area contributed by atoms with Gasteiger partial charge in [0.05, 0.1) is 36.6 Å². The molecule has 0 saturated heterocycles. The van der Waals surface area contributed by atoms with Crippen LogP contribution >= 0.6 is 11.6 Å². The summed E-state index contributed by atoms with van der Waals surface area (Å²) in [7, 11) is 1.68. The second-order valence-electron chi connectivity index (χ2n) is 7.67. The van der Waals surface area contributed by atoms with Crippen molar-refractivity contribution >= 4 is 39.1 Å². The SMILES string of the molecule is CCCN(CCCNc1c2ccc(Cl)cc2nc2ccc(OC)cc12)Cc1ccco1. The molecule has 0 radical (unpaired) electrons. The van der Waals surface area contributed by atoms with E-state index < -0.39 is 0 Å². The van der Waals surface area contributed by atoms with Gasteiger partial charge in [-0.2, -0.15) is 0 Å². The van der Waals surface area contributed by atoms with Crippen LogP contribution in [0, 0.1) is 0 Å². The molecule has 4 aromatic rings. The summed E-state index contributed by atoms with van der Waals surface area (Å²) >= 11 is 6.23. The number of hydrogen-bond acceptors (Lipinski definition) is 5. The van der Waals surface area contributed by atoms with E-state index in [4.69, 9.17) is 25.7 Å². The summed E-state index contributed by atoms with van der Waals surface area (Å²) in [5.74, 6) is 1.83. The Bertz CT molecular complexity index is 1140. The van der Waals surface area contributed by atoms with E-state index in [2.05, 4.69) is 17.1 Å². The Hall–Kier alpha value is -2.76. The average Bonchev–Trinajstić information content (AvgIpc) is 3.28. The van der Waals surface area contributed by atoms with Crippen molar-refractivity contribution in [2.24, 2.45) is 0 Å². The minimum absolute atomic E-state index is 0.687. The van der Waals surface area contributed by atoms with Crippen LogP contribution in [-0.2, 0) is 6.54 Å². The zero-order valence-electron chi connectivity index (χ0n) is 18.0. The molecule has 0 bridgehead atoms. The number of methoxy groups -OCH3 is 1. The molecule has 1 N–H and O–H groups in total. The molecule has 0 fully saturated rings. The number of nitrogens with one attached hydrogen (secondary N) is 1. The van der Waals surface area contributed by atoms with Crippen LogP contribution in [0.15, 0.2) is 59.2 Å². The molecule has 2 aromatic carbocycles. The first kappa shape index (κ1) is 21.5. The van der Waals surface area contributed by atoms with E-state index in [0.717, 1.165) is 78.0 Å². The van der Waals surface area contributed by atoms with Gasteiger partial charge < -0.3 is 14.5 Å². The number of rotatable bonds is 10. The highest BCUT2D eigenvalue weighted by atomic mass is 35.5. The summed E-state index contributed by atoms with van der Waals surface area (Å²) in [6, 6.07) is 15.8. The summed E-state index contributed by atoms with van der Waals surface area (Å²) in [5, 5.41) is 6.47. The monoisotopic (exact) mass is 437 g/mol. The largest absolute Gasteiger partial charge is 0.497 e. The lowest BCUT2D eigenvalue weighted by Gasteiger charge is -2.21. The van der Waals surface area contributed by atoms with E-state index >= 15 is 0 Å². The molecule has 4 rings (SSSR count). The molecular weight excluding hydrogens is 410 g/mol. The van der Waals surface area contributed by atoms with Crippen LogP contribution < -0.4 is 10.1 Å². The number of anilines is 1. The number of fused-ring (bicyclic) bond motifs is 2. The second-order valence-corrected chi connectivity index (χ2v) is 8.10. The minimum Gasteiger partial charge on any atom is -0.497 e. The molecule has 0 unspecified atom stereocenters. The summed E-state index contributed by atoms with van der Waals surface area (Å²) in [4.78, 5) is 7.24. The van der Waals surface area contributed by atoms with Gasteiger partial charge in [-0.05, 0) is 67.9 Å². The Morgan fingerprint density at radius 3 is 2.74 bits per heavy atom. The van der Waals surface area contributed by atoms with Crippen molar-refractivity contribution in [3.63, 3.8) is 0 Å². The normalized spacial score (nSPS) is 11.5. The molecule has 0 aliphatic carbocycles. The summed E-state index contributed by atoms with van der Waals surface area (Å²) in [5.41, 5.74) is 2.88. The lowest BCUT2D eigenvalue weighted by Crippen LogP contribution is -2.26. The van der Waals surface area contributed by atoms with Gasteiger partial charge >= 0.3 is 0 Å². The van der Waals surface area contributed by atoms with E-state index in [1.165, 1.54) is 0 Å². The van der Waals surface area contributed by atoms with Crippen LogP contribution in [0.5, 0.6) is 5.75 Å². The lowest BCUT2D eigenvalue weighted by molar-refractivity contribution is 0.243. The Morgan fingerprint density at radius 2 is 1.97 bits per heavy atom. The maximum absolute atomic E-state index is 6.23. The van der Waals surface area contributed by atoms with Gasteiger partial charge in [-0.15, -0.1) is 0 Å². The van der Waals surface area contributed by atoms with Crippen molar-refractivity contribution < 1.29 is 9.15 Å². The zero-order chi connectivity index (χ0) is 21.6. The summed E-state index contributed by atoms with van der Waals surface area (Å²) in [6.07, 6.45) is 3.87. The van der Waals surface area contributed by atoms with Crippen molar-refractivity contribution in [1.82, 2.24) is 9.88 Å². The molecule has 2 heterocycles. The number of aromatic nitrogens is 1. The van der Waals surface area contributed by atoms with Crippen LogP contribution in [-0.4, -0.2) is 36.6 Å². The van der Waals surface area contributed by atoms with Gasteiger partial charge in [-0.1, -0.05) is 18.5 Å². The number of halogens is 1. The molecule has 0 amide bonds. The number of pyridine rings is 1. The molecule has 0 aliphatic heterocycles. The highest BCUT2D eigenvalue weighted by Gasteiger charge is 2.12. The van der Waals surface area contributed by atoms with Gasteiger partial charge in [0.2, 0.25) is 0 Å². The maximum atomic E-state index is 6.23. The minimum atomic E-state index is 0.687. The van der Waals surface area contributed by atoms with Gasteiger partial charge in [0, 0.05) is 28.9 Å². The van der Waals surface area contributed by atoms with Crippen LogP contribution in [0.25, 0.3) is 21.8 Å². The van der Waals surface area contributed by atoms with Gasteiger partial charge in [-0.3, -0.25) is 4.90 Å². The number of hydrogen-bond donors (Lipinski definition) is 1. The molecule has 0 atom stereocenters. The van der Waals surface area contributed by atoms with E-state index in [-0.39, 0.29) is 0 Å². The molecule has 2 aromatic heterocycles. The van der Waals surface area contributed by atoms with E-state index in [0.29, 0.717) is 5.02 Å². The molecule has 162 valence electrons. The number of benzene rings is 2. The van der Waals surface area contributed by atoms with Gasteiger partial charge in [0.1, 0.15) is 11.5 Å². The van der Waals surface area contributed by atoms with Crippen molar-refractivity contribution in [3.8, 4) is 5.75 Å². The third-order valence-corrected chi connectivity index (χ3v) is 5.63. The van der Waals surface area contributed by atoms with Crippen molar-refractivity contribution in [2.45, 2.75) is 26.3 Å². The van der Waals surface area contributed by atoms with Crippen LogP contribution in [0.3, 0.4) is 0 Å². The maximum Gasteiger partial charge on any atom is 0.119 e. The first-order valence-electron chi connectivity index (χ1n) is 10.7. The Balaban J connectivity index is 1.53. The molecule has 5 nitrogen and oxygen atoms in total. The van der Waals surface area contributed by atoms with E-state index in [9.17, 15) is 0 Å². The predicted octanol–water partition coefficient (Wildman–Crippen LogP) is 6.36. The highest BCUT2D eigenvalue weighted by molar-refractivity contribution is 6.31. The summed E-state index contributed by atoms with van der Waals surface area (Å²) < 4.78 is 11.0. The van der Waals surface area contributed by atoms with Crippen LogP contribution in [0.4, 0.5) is 5.69 Å². The zero-order valence-corrected chi connectivity index (χ0v) is 18.8. The number of ether oxygens (including phenoxy) is 1. The molecule has 31 heavy (non-hydrogen) atoms. The van der Waals surface area contributed by atoms with Gasteiger partial charge in [0.25, 0.3) is 0 Å². The van der Waals surface area contributed by atoms with Crippen molar-refractivity contribution in [1.29, 1.82) is 0 Å². The second kappa shape index (κ2) is 10.0. The fourth-order valence-corrected chi connectivity index (χ4v) is 4.11. The number of furan rings is 1. The molecule has 0 spiro atoms. The predicted molar refractivity (Wildman–Crippen MR) is 128 cm³/mol. The molecule has 0 saturated carbocycles. The highest BCUT2D eigenvalue weighted by Crippen LogP contribution is 2.34. The summed E-state index contributed by atoms with van der Waals surface area (Å²) in [6.45, 7) is 5.96. The third-order valence-electron chi connectivity index (χ3n) is 5.40. The first-order chi connectivity index (χ1) is 15.2. The van der Waals surface area contributed by atoms with Crippen LogP contribution in [0.2, 0.25) is 5.02 Å².